The van der Waals surface area contributed by atoms with E-state index in [4.69, 9.17) is 9.84 Å². The van der Waals surface area contributed by atoms with Crippen LogP contribution in [0.4, 0.5) is 4.79 Å². The molecule has 3 N–H and O–H groups in total. The third kappa shape index (κ3) is 5.53. The molecule has 174 valence electrons. The highest BCUT2D eigenvalue weighted by molar-refractivity contribution is 5.79. The molecule has 1 atom stereocenters. The van der Waals surface area contributed by atoms with Crippen LogP contribution in [0.25, 0.3) is 11.1 Å². The molecule has 1 unspecified atom stereocenters. The number of carbonyl (C=O) groups is 3. The first-order valence-corrected chi connectivity index (χ1v) is 11.6. The predicted octanol–water partition coefficient (Wildman–Crippen LogP) is 4.06. The van der Waals surface area contributed by atoms with E-state index in [1.165, 1.54) is 11.1 Å². The lowest BCUT2D eigenvalue weighted by molar-refractivity contribution is -0.138. The molecular formula is C26H30N2O5. The quantitative estimate of drug-likeness (QED) is 0.474. The highest BCUT2D eigenvalue weighted by atomic mass is 16.5. The molecule has 2 aliphatic rings. The zero-order valence-corrected chi connectivity index (χ0v) is 18.6. The largest absolute Gasteiger partial charge is 0.481 e. The lowest BCUT2D eigenvalue weighted by atomic mass is 9.78. The van der Waals surface area contributed by atoms with Crippen LogP contribution in [-0.2, 0) is 14.3 Å². The monoisotopic (exact) mass is 450 g/mol. The summed E-state index contributed by atoms with van der Waals surface area (Å²) in [5.74, 6) is -0.817. The molecule has 0 bridgehead atoms. The van der Waals surface area contributed by atoms with Gasteiger partial charge in [-0.1, -0.05) is 55.0 Å². The van der Waals surface area contributed by atoms with Crippen molar-refractivity contribution in [3.63, 3.8) is 0 Å². The molecule has 2 aromatic carbocycles. The summed E-state index contributed by atoms with van der Waals surface area (Å²) in [5.41, 5.74) is 4.67. The van der Waals surface area contributed by atoms with Crippen LogP contribution in [0.3, 0.4) is 0 Å². The van der Waals surface area contributed by atoms with Gasteiger partial charge in [-0.25, -0.2) is 4.79 Å². The van der Waals surface area contributed by atoms with Crippen molar-refractivity contribution in [1.82, 2.24) is 10.6 Å². The standard InChI is InChI=1S/C26H30N2O5/c29-24(28-23(15-25(30)31)17-7-5-8-17)13-6-14-27-26(32)33-16-22-20-11-3-1-9-18(20)19-10-2-4-12-21(19)22/h1-4,9-12,17,22-23H,5-8,13-16H2,(H,27,32)(H,28,29)(H,30,31). The number of alkyl carbamates (subject to hydrolysis) is 1. The zero-order chi connectivity index (χ0) is 23.2. The van der Waals surface area contributed by atoms with E-state index in [0.717, 1.165) is 30.4 Å². The molecule has 0 heterocycles. The fourth-order valence-electron chi connectivity index (χ4n) is 4.73. The van der Waals surface area contributed by atoms with Crippen LogP contribution in [0.2, 0.25) is 0 Å². The summed E-state index contributed by atoms with van der Waals surface area (Å²) in [4.78, 5) is 35.5. The van der Waals surface area contributed by atoms with Crippen LogP contribution in [0.1, 0.15) is 55.6 Å². The minimum atomic E-state index is -0.899. The maximum Gasteiger partial charge on any atom is 0.407 e. The minimum absolute atomic E-state index is 0.00611. The molecule has 2 aliphatic carbocycles. The van der Waals surface area contributed by atoms with E-state index in [-0.39, 0.29) is 43.2 Å². The van der Waals surface area contributed by atoms with Gasteiger partial charge in [-0.3, -0.25) is 9.59 Å². The van der Waals surface area contributed by atoms with Gasteiger partial charge in [0.05, 0.1) is 6.42 Å². The van der Waals surface area contributed by atoms with E-state index < -0.39 is 12.1 Å². The van der Waals surface area contributed by atoms with Gasteiger partial charge in [-0.05, 0) is 47.4 Å². The van der Waals surface area contributed by atoms with Crippen molar-refractivity contribution in [2.45, 2.75) is 50.5 Å². The van der Waals surface area contributed by atoms with E-state index in [1.807, 2.05) is 24.3 Å². The third-order valence-corrected chi connectivity index (χ3v) is 6.65. The molecule has 0 saturated heterocycles. The van der Waals surface area contributed by atoms with Gasteiger partial charge in [0, 0.05) is 24.9 Å². The van der Waals surface area contributed by atoms with Crippen LogP contribution in [0.15, 0.2) is 48.5 Å². The molecule has 1 fully saturated rings. The number of carboxylic acid groups (broad SMARTS) is 1. The number of nitrogens with one attached hydrogen (secondary N) is 2. The fourth-order valence-corrected chi connectivity index (χ4v) is 4.73. The second kappa shape index (κ2) is 10.5. The molecule has 33 heavy (non-hydrogen) atoms. The Morgan fingerprint density at radius 1 is 1.00 bits per heavy atom. The number of carbonyl (C=O) groups excluding carboxylic acids is 2. The Morgan fingerprint density at radius 2 is 1.64 bits per heavy atom. The molecule has 0 spiro atoms. The van der Waals surface area contributed by atoms with Crippen LogP contribution in [-0.4, -0.2) is 42.3 Å². The van der Waals surface area contributed by atoms with E-state index in [9.17, 15) is 14.4 Å². The molecule has 2 aromatic rings. The summed E-state index contributed by atoms with van der Waals surface area (Å²) in [5, 5.41) is 14.6. The van der Waals surface area contributed by atoms with Gasteiger partial charge >= 0.3 is 12.1 Å². The maximum absolute atomic E-state index is 12.2. The molecule has 1 saturated carbocycles. The van der Waals surface area contributed by atoms with Crippen molar-refractivity contribution >= 4 is 18.0 Å². The lowest BCUT2D eigenvalue weighted by Crippen LogP contribution is -2.44. The number of carboxylic acids is 1. The summed E-state index contributed by atoms with van der Waals surface area (Å²) in [6, 6.07) is 16.0. The molecule has 0 aromatic heterocycles. The minimum Gasteiger partial charge on any atom is -0.481 e. The number of benzene rings is 2. The van der Waals surface area contributed by atoms with Gasteiger partial charge in [-0.15, -0.1) is 0 Å². The second-order valence-corrected chi connectivity index (χ2v) is 8.82. The first-order chi connectivity index (χ1) is 16.0. The fraction of sp³-hybridized carbons (Fsp3) is 0.423. The van der Waals surface area contributed by atoms with Crippen LogP contribution >= 0.6 is 0 Å². The van der Waals surface area contributed by atoms with E-state index >= 15 is 0 Å². The SMILES string of the molecule is O=C(O)CC(NC(=O)CCCNC(=O)OCC1c2ccccc2-c2ccccc21)C1CCC1. The van der Waals surface area contributed by atoms with Crippen molar-refractivity contribution in [2.75, 3.05) is 13.2 Å². The summed E-state index contributed by atoms with van der Waals surface area (Å²) >= 11 is 0. The summed E-state index contributed by atoms with van der Waals surface area (Å²) in [6.45, 7) is 0.565. The number of hydrogen-bond acceptors (Lipinski definition) is 4. The van der Waals surface area contributed by atoms with Gasteiger partial charge in [0.1, 0.15) is 6.61 Å². The predicted molar refractivity (Wildman–Crippen MR) is 124 cm³/mol. The van der Waals surface area contributed by atoms with Gasteiger partial charge in [0.15, 0.2) is 0 Å². The average Bonchev–Trinajstić information content (AvgIpc) is 3.07. The van der Waals surface area contributed by atoms with Crippen LogP contribution < -0.4 is 10.6 Å². The highest BCUT2D eigenvalue weighted by Gasteiger charge is 2.30. The Balaban J connectivity index is 1.19. The summed E-state index contributed by atoms with van der Waals surface area (Å²) in [6.07, 6.45) is 3.14. The summed E-state index contributed by atoms with van der Waals surface area (Å²) in [7, 11) is 0. The van der Waals surface area contributed by atoms with Crippen molar-refractivity contribution in [3.8, 4) is 11.1 Å². The second-order valence-electron chi connectivity index (χ2n) is 8.82. The number of fused-ring (bicyclic) bond motifs is 3. The van der Waals surface area contributed by atoms with Crippen molar-refractivity contribution in [3.05, 3.63) is 59.7 Å². The number of hydrogen-bond donors (Lipinski definition) is 3. The Labute approximate surface area is 193 Å². The zero-order valence-electron chi connectivity index (χ0n) is 18.6. The average molecular weight is 451 g/mol. The molecule has 0 aliphatic heterocycles. The van der Waals surface area contributed by atoms with E-state index in [1.54, 1.807) is 0 Å². The number of amides is 2. The molecule has 0 radical (unpaired) electrons. The van der Waals surface area contributed by atoms with Crippen molar-refractivity contribution in [1.29, 1.82) is 0 Å². The summed E-state index contributed by atoms with van der Waals surface area (Å²) < 4.78 is 5.49. The van der Waals surface area contributed by atoms with Crippen molar-refractivity contribution in [2.24, 2.45) is 5.92 Å². The Bertz CT molecular complexity index is 972. The number of aliphatic carboxylic acids is 1. The topological polar surface area (TPSA) is 105 Å². The normalized spacial score (nSPS) is 15.6. The third-order valence-electron chi connectivity index (χ3n) is 6.65. The molecular weight excluding hydrogens is 420 g/mol. The van der Waals surface area contributed by atoms with Gasteiger partial charge in [0.2, 0.25) is 5.91 Å². The van der Waals surface area contributed by atoms with Gasteiger partial charge < -0.3 is 20.5 Å². The lowest BCUT2D eigenvalue weighted by Gasteiger charge is -2.33. The maximum atomic E-state index is 12.2. The Hall–Kier alpha value is -3.35. The number of rotatable bonds is 10. The molecule has 7 nitrogen and oxygen atoms in total. The van der Waals surface area contributed by atoms with E-state index in [2.05, 4.69) is 34.9 Å². The van der Waals surface area contributed by atoms with Crippen LogP contribution in [0.5, 0.6) is 0 Å². The molecule has 7 heteroatoms. The van der Waals surface area contributed by atoms with Crippen molar-refractivity contribution < 1.29 is 24.2 Å². The smallest absolute Gasteiger partial charge is 0.407 e. The highest BCUT2D eigenvalue weighted by Crippen LogP contribution is 2.44. The molecule has 2 amide bonds. The molecule has 4 rings (SSSR count). The Kier molecular flexibility index (Phi) is 7.27. The Morgan fingerprint density at radius 3 is 2.21 bits per heavy atom. The van der Waals surface area contributed by atoms with Crippen LogP contribution in [0, 0.1) is 5.92 Å². The number of ether oxygens (including phenoxy) is 1. The first-order valence-electron chi connectivity index (χ1n) is 11.6. The van der Waals surface area contributed by atoms with Gasteiger partial charge in [0.25, 0.3) is 0 Å². The van der Waals surface area contributed by atoms with E-state index in [0.29, 0.717) is 13.0 Å². The first kappa shape index (κ1) is 22.8. The van der Waals surface area contributed by atoms with Gasteiger partial charge in [-0.2, -0.15) is 0 Å².